The van der Waals surface area contributed by atoms with Gasteiger partial charge in [0, 0.05) is 16.9 Å². The summed E-state index contributed by atoms with van der Waals surface area (Å²) < 4.78 is 11.1. The van der Waals surface area contributed by atoms with Crippen molar-refractivity contribution >= 4 is 28.9 Å². The number of carbonyl (C=O) groups excluding carboxylic acids is 1. The molecule has 4 aromatic rings. The van der Waals surface area contributed by atoms with Gasteiger partial charge in [0.2, 0.25) is 11.8 Å². The molecule has 1 amide bonds. The zero-order chi connectivity index (χ0) is 22.3. The van der Waals surface area contributed by atoms with E-state index < -0.39 is 0 Å². The summed E-state index contributed by atoms with van der Waals surface area (Å²) in [6.07, 6.45) is 0. The van der Waals surface area contributed by atoms with Crippen molar-refractivity contribution in [2.24, 2.45) is 0 Å². The van der Waals surface area contributed by atoms with Crippen LogP contribution in [0.5, 0.6) is 5.75 Å². The maximum absolute atomic E-state index is 12.5. The number of halogens is 1. The molecule has 162 valence electrons. The first-order chi connectivity index (χ1) is 15.6. The van der Waals surface area contributed by atoms with Crippen LogP contribution in [0.3, 0.4) is 0 Å². The fraction of sp³-hybridized carbons (Fsp3) is 0.125. The number of aromatic nitrogens is 2. The third-order valence-corrected chi connectivity index (χ3v) is 4.91. The van der Waals surface area contributed by atoms with Crippen molar-refractivity contribution in [1.29, 1.82) is 0 Å². The lowest BCUT2D eigenvalue weighted by Crippen LogP contribution is -2.11. The Labute approximate surface area is 190 Å². The lowest BCUT2D eigenvalue weighted by molar-refractivity contribution is 0.102. The SMILES string of the molecule is CCOc1ccc(NC(=O)c2ccc(NCc3nnc(-c4ccccc4Cl)o3)cc2)cc1. The summed E-state index contributed by atoms with van der Waals surface area (Å²) in [5.41, 5.74) is 2.76. The normalized spacial score (nSPS) is 10.6. The third kappa shape index (κ3) is 5.25. The van der Waals surface area contributed by atoms with E-state index in [1.54, 1.807) is 30.3 Å². The number of hydrogen-bond acceptors (Lipinski definition) is 6. The number of carbonyl (C=O) groups is 1. The minimum atomic E-state index is -0.193. The van der Waals surface area contributed by atoms with Crippen LogP contribution in [0.1, 0.15) is 23.2 Å². The molecule has 0 aliphatic rings. The molecule has 1 aromatic heterocycles. The average Bonchev–Trinajstić information content (AvgIpc) is 3.28. The number of benzene rings is 3. The van der Waals surface area contributed by atoms with Crippen LogP contribution in [0.4, 0.5) is 11.4 Å². The van der Waals surface area contributed by atoms with Gasteiger partial charge in [-0.25, -0.2) is 0 Å². The highest BCUT2D eigenvalue weighted by Crippen LogP contribution is 2.26. The predicted octanol–water partition coefficient (Wildman–Crippen LogP) is 5.65. The van der Waals surface area contributed by atoms with E-state index in [4.69, 9.17) is 20.8 Å². The molecule has 3 aromatic carbocycles. The topological polar surface area (TPSA) is 89.3 Å². The van der Waals surface area contributed by atoms with Crippen molar-refractivity contribution in [1.82, 2.24) is 10.2 Å². The lowest BCUT2D eigenvalue weighted by Gasteiger charge is -2.08. The maximum Gasteiger partial charge on any atom is 0.255 e. The van der Waals surface area contributed by atoms with Crippen LogP contribution in [0.15, 0.2) is 77.2 Å². The van der Waals surface area contributed by atoms with Gasteiger partial charge in [0.25, 0.3) is 5.91 Å². The van der Waals surface area contributed by atoms with Crippen molar-refractivity contribution in [2.75, 3.05) is 17.2 Å². The summed E-state index contributed by atoms with van der Waals surface area (Å²) in [6, 6.07) is 21.7. The predicted molar refractivity (Wildman–Crippen MR) is 124 cm³/mol. The monoisotopic (exact) mass is 448 g/mol. The van der Waals surface area contributed by atoms with Gasteiger partial charge in [-0.2, -0.15) is 0 Å². The van der Waals surface area contributed by atoms with Crippen LogP contribution in [0.2, 0.25) is 5.02 Å². The van der Waals surface area contributed by atoms with Crippen molar-refractivity contribution in [3.8, 4) is 17.2 Å². The summed E-state index contributed by atoms with van der Waals surface area (Å²) >= 11 is 6.17. The summed E-state index contributed by atoms with van der Waals surface area (Å²) in [5.74, 6) is 1.37. The van der Waals surface area contributed by atoms with Gasteiger partial charge >= 0.3 is 0 Å². The molecule has 0 bridgehead atoms. The second kappa shape index (κ2) is 9.98. The molecule has 0 saturated carbocycles. The van der Waals surface area contributed by atoms with Crippen LogP contribution in [-0.4, -0.2) is 22.7 Å². The molecule has 0 saturated heterocycles. The molecule has 0 spiro atoms. The fourth-order valence-corrected chi connectivity index (χ4v) is 3.21. The molecule has 0 unspecified atom stereocenters. The van der Waals surface area contributed by atoms with E-state index in [0.29, 0.717) is 46.8 Å². The molecule has 32 heavy (non-hydrogen) atoms. The second-order valence-electron chi connectivity index (χ2n) is 6.82. The Kier molecular flexibility index (Phi) is 6.67. The molecular formula is C24H21ClN4O3. The maximum atomic E-state index is 12.5. The van der Waals surface area contributed by atoms with E-state index in [0.717, 1.165) is 11.4 Å². The lowest BCUT2D eigenvalue weighted by atomic mass is 10.2. The van der Waals surface area contributed by atoms with Gasteiger partial charge in [0.05, 0.1) is 23.7 Å². The van der Waals surface area contributed by atoms with Crippen LogP contribution < -0.4 is 15.4 Å². The molecular weight excluding hydrogens is 428 g/mol. The first kappa shape index (κ1) is 21.4. The molecule has 1 heterocycles. The largest absolute Gasteiger partial charge is 0.494 e. The van der Waals surface area contributed by atoms with Crippen LogP contribution in [-0.2, 0) is 6.54 Å². The first-order valence-electron chi connectivity index (χ1n) is 10.1. The minimum absolute atomic E-state index is 0.193. The molecule has 0 fully saturated rings. The van der Waals surface area contributed by atoms with E-state index in [1.807, 2.05) is 49.4 Å². The Bertz CT molecular complexity index is 1190. The van der Waals surface area contributed by atoms with Crippen LogP contribution >= 0.6 is 11.6 Å². The molecule has 7 nitrogen and oxygen atoms in total. The van der Waals surface area contributed by atoms with Crippen molar-refractivity contribution < 1.29 is 13.9 Å². The smallest absolute Gasteiger partial charge is 0.255 e. The highest BCUT2D eigenvalue weighted by molar-refractivity contribution is 6.33. The number of hydrogen-bond donors (Lipinski definition) is 2. The highest BCUT2D eigenvalue weighted by Gasteiger charge is 2.11. The standard InChI is InChI=1S/C24H21ClN4O3/c1-2-31-19-13-11-18(12-14-19)27-23(30)16-7-9-17(10-8-16)26-15-22-28-29-24(32-22)20-5-3-4-6-21(20)25/h3-14,26H,2,15H2,1H3,(H,27,30). The quantitative estimate of drug-likeness (QED) is 0.362. The van der Waals surface area contributed by atoms with Crippen LogP contribution in [0, 0.1) is 0 Å². The van der Waals surface area contributed by atoms with E-state index in [9.17, 15) is 4.79 Å². The molecule has 0 aliphatic heterocycles. The molecule has 0 radical (unpaired) electrons. The number of amides is 1. The number of anilines is 2. The Morgan fingerprint density at radius 1 is 0.969 bits per heavy atom. The molecule has 4 rings (SSSR count). The molecule has 0 atom stereocenters. The summed E-state index contributed by atoms with van der Waals surface area (Å²) in [7, 11) is 0. The number of nitrogens with zero attached hydrogens (tertiary/aromatic N) is 2. The summed E-state index contributed by atoms with van der Waals surface area (Å²) in [4.78, 5) is 12.5. The number of ether oxygens (including phenoxy) is 1. The van der Waals surface area contributed by atoms with Gasteiger partial charge in [-0.1, -0.05) is 23.7 Å². The van der Waals surface area contributed by atoms with Gasteiger partial charge in [-0.3, -0.25) is 4.79 Å². The Morgan fingerprint density at radius 2 is 1.69 bits per heavy atom. The Morgan fingerprint density at radius 3 is 2.41 bits per heavy atom. The van der Waals surface area contributed by atoms with Crippen molar-refractivity contribution in [3.05, 3.63) is 89.3 Å². The Hall–Kier alpha value is -3.84. The highest BCUT2D eigenvalue weighted by atomic mass is 35.5. The second-order valence-corrected chi connectivity index (χ2v) is 7.23. The van der Waals surface area contributed by atoms with Crippen molar-refractivity contribution in [2.45, 2.75) is 13.5 Å². The Balaban J connectivity index is 1.33. The van der Waals surface area contributed by atoms with Crippen molar-refractivity contribution in [3.63, 3.8) is 0 Å². The molecule has 0 aliphatic carbocycles. The van der Waals surface area contributed by atoms with Gasteiger partial charge in [0.1, 0.15) is 5.75 Å². The molecule has 8 heteroatoms. The third-order valence-electron chi connectivity index (χ3n) is 4.59. The van der Waals surface area contributed by atoms with Gasteiger partial charge in [0.15, 0.2) is 0 Å². The zero-order valence-electron chi connectivity index (χ0n) is 17.3. The van der Waals surface area contributed by atoms with Gasteiger partial charge < -0.3 is 19.8 Å². The summed E-state index contributed by atoms with van der Waals surface area (Å²) in [5, 5.41) is 14.7. The van der Waals surface area contributed by atoms with E-state index in [1.165, 1.54) is 0 Å². The number of nitrogens with one attached hydrogen (secondary N) is 2. The van der Waals surface area contributed by atoms with E-state index >= 15 is 0 Å². The molecule has 2 N–H and O–H groups in total. The zero-order valence-corrected chi connectivity index (χ0v) is 18.1. The first-order valence-corrected chi connectivity index (χ1v) is 10.5. The van der Waals surface area contributed by atoms with Gasteiger partial charge in [-0.05, 0) is 67.6 Å². The van der Waals surface area contributed by atoms with E-state index in [-0.39, 0.29) is 5.91 Å². The summed E-state index contributed by atoms with van der Waals surface area (Å²) in [6.45, 7) is 2.87. The van der Waals surface area contributed by atoms with Gasteiger partial charge in [-0.15, -0.1) is 10.2 Å². The van der Waals surface area contributed by atoms with E-state index in [2.05, 4.69) is 20.8 Å². The number of rotatable bonds is 8. The minimum Gasteiger partial charge on any atom is -0.494 e. The average molecular weight is 449 g/mol. The van der Waals surface area contributed by atoms with Crippen LogP contribution in [0.25, 0.3) is 11.5 Å². The fourth-order valence-electron chi connectivity index (χ4n) is 2.99.